The maximum absolute atomic E-state index is 4.81. The van der Waals surface area contributed by atoms with E-state index in [4.69, 9.17) is 4.98 Å². The van der Waals surface area contributed by atoms with Crippen molar-refractivity contribution in [1.29, 1.82) is 0 Å². The van der Waals surface area contributed by atoms with Crippen LogP contribution in [0.25, 0.3) is 0 Å². The van der Waals surface area contributed by atoms with Crippen LogP contribution in [-0.2, 0) is 19.4 Å². The van der Waals surface area contributed by atoms with Crippen molar-refractivity contribution >= 4 is 11.3 Å². The zero-order valence-corrected chi connectivity index (χ0v) is 12.3. The van der Waals surface area contributed by atoms with Crippen LogP contribution in [0.1, 0.15) is 46.9 Å². The van der Waals surface area contributed by atoms with Gasteiger partial charge in [-0.25, -0.2) is 4.98 Å². The molecule has 0 saturated carbocycles. The first kappa shape index (κ1) is 12.8. The fourth-order valence-electron chi connectivity index (χ4n) is 2.65. The quantitative estimate of drug-likeness (QED) is 0.912. The van der Waals surface area contributed by atoms with Crippen molar-refractivity contribution in [1.82, 2.24) is 20.1 Å². The molecule has 0 fully saturated rings. The number of fused-ring (bicyclic) bond motifs is 1. The molecule has 4 nitrogen and oxygen atoms in total. The molecule has 5 heteroatoms. The van der Waals surface area contributed by atoms with Gasteiger partial charge in [0.2, 0.25) is 0 Å². The minimum atomic E-state index is 0.182. The number of rotatable bonds is 5. The summed E-state index contributed by atoms with van der Waals surface area (Å²) in [5.41, 5.74) is 2.53. The van der Waals surface area contributed by atoms with Gasteiger partial charge in [-0.05, 0) is 32.7 Å². The summed E-state index contributed by atoms with van der Waals surface area (Å²) >= 11 is 1.86. The fourth-order valence-corrected chi connectivity index (χ4v) is 3.94. The molecule has 1 N–H and O–H groups in total. The first-order chi connectivity index (χ1) is 9.31. The molecule has 0 radical (unpaired) electrons. The van der Waals surface area contributed by atoms with Crippen LogP contribution in [0.4, 0.5) is 0 Å². The summed E-state index contributed by atoms with van der Waals surface area (Å²) in [6.07, 6.45) is 8.83. The first-order valence-electron chi connectivity index (χ1n) is 7.00. The third kappa shape index (κ3) is 2.44. The number of hydrogen-bond acceptors (Lipinski definition) is 4. The summed E-state index contributed by atoms with van der Waals surface area (Å²) in [5.74, 6) is 0. The SMILES string of the molecule is CCCn1cc(C(NC)c2nc3c(s2)CCC3)cn1. The molecule has 0 bridgehead atoms. The zero-order chi connectivity index (χ0) is 13.2. The van der Waals surface area contributed by atoms with Crippen LogP contribution in [0.3, 0.4) is 0 Å². The molecule has 2 aromatic heterocycles. The predicted octanol–water partition coefficient (Wildman–Crippen LogP) is 2.55. The highest BCUT2D eigenvalue weighted by molar-refractivity contribution is 7.11. The predicted molar refractivity (Wildman–Crippen MR) is 77.6 cm³/mol. The minimum absolute atomic E-state index is 0.182. The summed E-state index contributed by atoms with van der Waals surface area (Å²) < 4.78 is 2.01. The van der Waals surface area contributed by atoms with Crippen molar-refractivity contribution in [2.24, 2.45) is 0 Å². The van der Waals surface area contributed by atoms with E-state index in [0.717, 1.165) is 19.4 Å². The van der Waals surface area contributed by atoms with Crippen molar-refractivity contribution < 1.29 is 0 Å². The van der Waals surface area contributed by atoms with Crippen molar-refractivity contribution in [3.63, 3.8) is 0 Å². The van der Waals surface area contributed by atoms with Crippen molar-refractivity contribution in [3.05, 3.63) is 33.5 Å². The lowest BCUT2D eigenvalue weighted by atomic mass is 10.2. The maximum atomic E-state index is 4.81. The van der Waals surface area contributed by atoms with E-state index in [1.165, 1.54) is 34.0 Å². The third-order valence-electron chi connectivity index (χ3n) is 3.59. The number of nitrogens with one attached hydrogen (secondary N) is 1. The summed E-state index contributed by atoms with van der Waals surface area (Å²) in [5, 5.41) is 8.97. The molecule has 1 unspecified atom stereocenters. The van der Waals surface area contributed by atoms with E-state index in [1.807, 2.05) is 29.3 Å². The molecule has 1 aliphatic rings. The largest absolute Gasteiger partial charge is 0.307 e. The lowest BCUT2D eigenvalue weighted by Gasteiger charge is -2.11. The van der Waals surface area contributed by atoms with E-state index < -0.39 is 0 Å². The number of hydrogen-bond donors (Lipinski definition) is 1. The second-order valence-corrected chi connectivity index (χ2v) is 6.15. The van der Waals surface area contributed by atoms with E-state index in [1.54, 1.807) is 0 Å². The lowest BCUT2D eigenvalue weighted by Crippen LogP contribution is -2.17. The Kier molecular flexibility index (Phi) is 3.66. The Morgan fingerprint density at radius 2 is 2.37 bits per heavy atom. The van der Waals surface area contributed by atoms with Gasteiger partial charge in [-0.2, -0.15) is 5.10 Å². The lowest BCUT2D eigenvalue weighted by molar-refractivity contribution is 0.600. The van der Waals surface area contributed by atoms with Gasteiger partial charge >= 0.3 is 0 Å². The van der Waals surface area contributed by atoms with E-state index in [0.29, 0.717) is 0 Å². The van der Waals surface area contributed by atoms with Gasteiger partial charge in [0.1, 0.15) is 5.01 Å². The van der Waals surface area contributed by atoms with E-state index in [-0.39, 0.29) is 6.04 Å². The second-order valence-electron chi connectivity index (χ2n) is 5.03. The summed E-state index contributed by atoms with van der Waals surface area (Å²) in [6, 6.07) is 0.182. The van der Waals surface area contributed by atoms with Gasteiger partial charge in [0.05, 0.1) is 17.9 Å². The molecule has 19 heavy (non-hydrogen) atoms. The highest BCUT2D eigenvalue weighted by atomic mass is 32.1. The Hall–Kier alpha value is -1.20. The molecular weight excluding hydrogens is 256 g/mol. The van der Waals surface area contributed by atoms with Gasteiger partial charge in [-0.15, -0.1) is 11.3 Å². The highest BCUT2D eigenvalue weighted by Gasteiger charge is 2.23. The number of aryl methyl sites for hydroxylation is 3. The monoisotopic (exact) mass is 276 g/mol. The zero-order valence-electron chi connectivity index (χ0n) is 11.5. The molecule has 0 amide bonds. The van der Waals surface area contributed by atoms with Crippen LogP contribution in [0.5, 0.6) is 0 Å². The van der Waals surface area contributed by atoms with E-state index >= 15 is 0 Å². The molecule has 0 aliphatic heterocycles. The van der Waals surface area contributed by atoms with Gasteiger partial charge in [0.15, 0.2) is 0 Å². The summed E-state index contributed by atoms with van der Waals surface area (Å²) in [6.45, 7) is 3.15. The first-order valence-corrected chi connectivity index (χ1v) is 7.81. The van der Waals surface area contributed by atoms with Crippen LogP contribution in [0.2, 0.25) is 0 Å². The average Bonchev–Trinajstić information content (AvgIpc) is 3.06. The van der Waals surface area contributed by atoms with Gasteiger partial charge in [-0.3, -0.25) is 4.68 Å². The van der Waals surface area contributed by atoms with Gasteiger partial charge in [0.25, 0.3) is 0 Å². The molecule has 3 rings (SSSR count). The molecule has 1 atom stereocenters. The van der Waals surface area contributed by atoms with E-state index in [2.05, 4.69) is 23.5 Å². The standard InChI is InChI=1S/C14H20N4S/c1-3-7-18-9-10(8-16-18)13(15-2)14-17-11-5-4-6-12(11)19-14/h8-9,13,15H,3-7H2,1-2H3. The van der Waals surface area contributed by atoms with Crippen molar-refractivity contribution in [2.45, 2.75) is 45.2 Å². The molecular formula is C14H20N4S. The Bertz CT molecular complexity index is 536. The molecule has 2 aromatic rings. The fraction of sp³-hybridized carbons (Fsp3) is 0.571. The normalized spacial score (nSPS) is 15.7. The van der Waals surface area contributed by atoms with E-state index in [9.17, 15) is 0 Å². The number of thiazole rings is 1. The Balaban J connectivity index is 1.86. The van der Waals surface area contributed by atoms with Crippen molar-refractivity contribution in [3.8, 4) is 0 Å². The molecule has 0 spiro atoms. The van der Waals surface area contributed by atoms with Gasteiger partial charge in [0, 0.05) is 23.2 Å². The van der Waals surface area contributed by atoms with Crippen LogP contribution >= 0.6 is 11.3 Å². The average molecular weight is 276 g/mol. The van der Waals surface area contributed by atoms with Gasteiger partial charge in [-0.1, -0.05) is 6.92 Å². The summed E-state index contributed by atoms with van der Waals surface area (Å²) in [4.78, 5) is 6.30. The van der Waals surface area contributed by atoms with Crippen LogP contribution in [0.15, 0.2) is 12.4 Å². The minimum Gasteiger partial charge on any atom is -0.307 e. The van der Waals surface area contributed by atoms with Crippen LogP contribution in [0, 0.1) is 0 Å². The topological polar surface area (TPSA) is 42.7 Å². The smallest absolute Gasteiger partial charge is 0.115 e. The second kappa shape index (κ2) is 5.43. The molecule has 0 aromatic carbocycles. The molecule has 1 aliphatic carbocycles. The third-order valence-corrected chi connectivity index (χ3v) is 4.81. The van der Waals surface area contributed by atoms with Gasteiger partial charge < -0.3 is 5.32 Å². The number of nitrogens with zero attached hydrogens (tertiary/aromatic N) is 3. The van der Waals surface area contributed by atoms with Crippen LogP contribution in [-0.4, -0.2) is 21.8 Å². The van der Waals surface area contributed by atoms with Crippen LogP contribution < -0.4 is 5.32 Å². The Labute approximate surface area is 117 Å². The maximum Gasteiger partial charge on any atom is 0.115 e. The summed E-state index contributed by atoms with van der Waals surface area (Å²) in [7, 11) is 1.99. The van der Waals surface area contributed by atoms with Crippen molar-refractivity contribution in [2.75, 3.05) is 7.05 Å². The highest BCUT2D eigenvalue weighted by Crippen LogP contribution is 2.32. The number of aromatic nitrogens is 3. The molecule has 102 valence electrons. The molecule has 0 saturated heterocycles. The molecule has 2 heterocycles. The Morgan fingerprint density at radius 1 is 1.47 bits per heavy atom. The Morgan fingerprint density at radius 3 is 3.11 bits per heavy atom.